The molecule has 0 saturated heterocycles. The monoisotopic (exact) mass is 257 g/mol. The van der Waals surface area contributed by atoms with Crippen molar-refractivity contribution in [2.75, 3.05) is 0 Å². The van der Waals surface area contributed by atoms with Gasteiger partial charge in [0.25, 0.3) is 0 Å². The molecule has 2 aromatic rings. The number of ether oxygens (including phenoxy) is 1. The molecule has 1 aromatic heterocycles. The van der Waals surface area contributed by atoms with Crippen LogP contribution in [0.4, 0.5) is 0 Å². The molecule has 0 aliphatic heterocycles. The van der Waals surface area contributed by atoms with Crippen LogP contribution >= 0.6 is 11.3 Å². The number of hydrogen-bond acceptors (Lipinski definition) is 3. The molecule has 2 rings (SSSR count). The van der Waals surface area contributed by atoms with Crippen molar-refractivity contribution >= 4 is 11.3 Å². The first-order valence-electron chi connectivity index (χ1n) is 5.94. The Morgan fingerprint density at radius 2 is 2.00 bits per heavy atom. The highest BCUT2D eigenvalue weighted by Crippen LogP contribution is 2.23. The first kappa shape index (κ1) is 12.7. The van der Waals surface area contributed by atoms with Crippen LogP contribution in [-0.2, 0) is 13.0 Å². The summed E-state index contributed by atoms with van der Waals surface area (Å²) >= 11 is 1.78. The molecule has 0 spiro atoms. The Morgan fingerprint density at radius 3 is 2.67 bits per heavy atom. The number of rotatable bonds is 4. The van der Waals surface area contributed by atoms with Gasteiger partial charge < -0.3 is 4.74 Å². The van der Waals surface area contributed by atoms with E-state index in [9.17, 15) is 0 Å². The van der Waals surface area contributed by atoms with E-state index in [0.29, 0.717) is 12.2 Å². The Labute approximate surface area is 111 Å². The second-order valence-electron chi connectivity index (χ2n) is 4.10. The van der Waals surface area contributed by atoms with Gasteiger partial charge in [0.1, 0.15) is 12.4 Å². The highest BCUT2D eigenvalue weighted by atomic mass is 32.1. The summed E-state index contributed by atoms with van der Waals surface area (Å²) in [4.78, 5) is 2.59. The number of aryl methyl sites for hydroxylation is 2. The Bertz CT molecular complexity index is 580. The van der Waals surface area contributed by atoms with Crippen LogP contribution in [0.2, 0.25) is 0 Å². The van der Waals surface area contributed by atoms with Crippen LogP contribution in [-0.4, -0.2) is 0 Å². The van der Waals surface area contributed by atoms with Gasteiger partial charge in [0.2, 0.25) is 0 Å². The van der Waals surface area contributed by atoms with Gasteiger partial charge in [-0.05, 0) is 43.2 Å². The molecule has 0 aliphatic rings. The van der Waals surface area contributed by atoms with Crippen LogP contribution in [0.1, 0.15) is 27.8 Å². The summed E-state index contributed by atoms with van der Waals surface area (Å²) in [5, 5.41) is 8.87. The van der Waals surface area contributed by atoms with E-state index >= 15 is 0 Å². The Kier molecular flexibility index (Phi) is 4.01. The van der Waals surface area contributed by atoms with E-state index < -0.39 is 0 Å². The third kappa shape index (κ3) is 2.91. The fraction of sp³-hybridized carbons (Fsp3) is 0.267. The van der Waals surface area contributed by atoms with Gasteiger partial charge >= 0.3 is 0 Å². The normalized spacial score (nSPS) is 10.1. The van der Waals surface area contributed by atoms with Crippen LogP contribution in [0, 0.1) is 18.3 Å². The summed E-state index contributed by atoms with van der Waals surface area (Å²) in [5.41, 5.74) is 1.69. The lowest BCUT2D eigenvalue weighted by molar-refractivity contribution is 0.307. The van der Waals surface area contributed by atoms with E-state index in [1.807, 2.05) is 19.1 Å². The van der Waals surface area contributed by atoms with Crippen LogP contribution in [0.3, 0.4) is 0 Å². The predicted octanol–water partition coefficient (Wildman–Crippen LogP) is 4.07. The molecular formula is C15H15NOS. The van der Waals surface area contributed by atoms with Gasteiger partial charge in [0.05, 0.1) is 11.6 Å². The minimum absolute atomic E-state index is 0.570. The molecule has 0 N–H and O–H groups in total. The van der Waals surface area contributed by atoms with Crippen molar-refractivity contribution in [2.45, 2.75) is 26.9 Å². The first-order chi connectivity index (χ1) is 8.72. The molecule has 1 aromatic carbocycles. The molecule has 0 bridgehead atoms. The third-order valence-electron chi connectivity index (χ3n) is 2.75. The quantitative estimate of drug-likeness (QED) is 0.827. The van der Waals surface area contributed by atoms with Crippen LogP contribution < -0.4 is 4.74 Å². The average molecular weight is 257 g/mol. The second kappa shape index (κ2) is 5.70. The van der Waals surface area contributed by atoms with Crippen molar-refractivity contribution in [1.29, 1.82) is 5.26 Å². The van der Waals surface area contributed by atoms with Gasteiger partial charge in [-0.1, -0.05) is 13.0 Å². The summed E-state index contributed by atoms with van der Waals surface area (Å²) in [6.07, 6.45) is 1.06. The van der Waals surface area contributed by atoms with E-state index in [1.165, 1.54) is 9.75 Å². The minimum Gasteiger partial charge on any atom is -0.488 e. The van der Waals surface area contributed by atoms with Crippen LogP contribution in [0.15, 0.2) is 30.3 Å². The largest absolute Gasteiger partial charge is 0.488 e. The number of benzene rings is 1. The van der Waals surface area contributed by atoms with Crippen molar-refractivity contribution in [2.24, 2.45) is 0 Å². The first-order valence-corrected chi connectivity index (χ1v) is 6.75. The van der Waals surface area contributed by atoms with E-state index in [1.54, 1.807) is 17.4 Å². The van der Waals surface area contributed by atoms with E-state index in [-0.39, 0.29) is 0 Å². The third-order valence-corrected chi connectivity index (χ3v) is 3.96. The molecule has 0 saturated carbocycles. The van der Waals surface area contributed by atoms with E-state index in [4.69, 9.17) is 10.00 Å². The Hall–Kier alpha value is -1.79. The fourth-order valence-corrected chi connectivity index (χ4v) is 2.54. The number of thiophene rings is 1. The summed E-state index contributed by atoms with van der Waals surface area (Å²) in [6, 6.07) is 11.9. The number of nitrogens with zero attached hydrogens (tertiary/aromatic N) is 1. The van der Waals surface area contributed by atoms with Crippen molar-refractivity contribution in [3.8, 4) is 11.8 Å². The second-order valence-corrected chi connectivity index (χ2v) is 5.36. The SMILES string of the molecule is CCc1ccc(COc2cc(C#N)ccc2C)s1. The standard InChI is InChI=1S/C15H15NOS/c1-3-13-6-7-14(18-13)10-17-15-8-12(9-16)5-4-11(15)2/h4-8H,3,10H2,1-2H3. The lowest BCUT2D eigenvalue weighted by atomic mass is 10.1. The molecule has 0 aliphatic carbocycles. The van der Waals surface area contributed by atoms with Crippen molar-refractivity contribution in [1.82, 2.24) is 0 Å². The number of hydrogen-bond donors (Lipinski definition) is 0. The van der Waals surface area contributed by atoms with Gasteiger partial charge in [0, 0.05) is 9.75 Å². The van der Waals surface area contributed by atoms with Gasteiger partial charge in [-0.3, -0.25) is 0 Å². The maximum absolute atomic E-state index is 8.87. The molecule has 0 radical (unpaired) electrons. The van der Waals surface area contributed by atoms with Crippen LogP contribution in [0.5, 0.6) is 5.75 Å². The molecule has 3 heteroatoms. The molecule has 0 amide bonds. The summed E-state index contributed by atoms with van der Waals surface area (Å²) < 4.78 is 5.78. The van der Waals surface area contributed by atoms with Crippen molar-refractivity contribution in [3.63, 3.8) is 0 Å². The lowest BCUT2D eigenvalue weighted by Crippen LogP contribution is -1.95. The fourth-order valence-electron chi connectivity index (χ4n) is 1.66. The summed E-state index contributed by atoms with van der Waals surface area (Å²) in [5.74, 6) is 0.792. The molecule has 2 nitrogen and oxygen atoms in total. The lowest BCUT2D eigenvalue weighted by Gasteiger charge is -2.08. The molecule has 0 unspecified atom stereocenters. The van der Waals surface area contributed by atoms with Crippen LogP contribution in [0.25, 0.3) is 0 Å². The molecule has 1 heterocycles. The molecule has 92 valence electrons. The average Bonchev–Trinajstić information content (AvgIpc) is 2.86. The van der Waals surface area contributed by atoms with Gasteiger partial charge in [-0.2, -0.15) is 5.26 Å². The highest BCUT2D eigenvalue weighted by Gasteiger charge is 2.04. The van der Waals surface area contributed by atoms with Crippen molar-refractivity contribution < 1.29 is 4.74 Å². The smallest absolute Gasteiger partial charge is 0.124 e. The number of nitriles is 1. The molecule has 18 heavy (non-hydrogen) atoms. The zero-order valence-corrected chi connectivity index (χ0v) is 11.4. The van der Waals surface area contributed by atoms with E-state index in [2.05, 4.69) is 25.1 Å². The maximum atomic E-state index is 8.87. The minimum atomic E-state index is 0.570. The predicted molar refractivity (Wildman–Crippen MR) is 73.9 cm³/mol. The van der Waals surface area contributed by atoms with E-state index in [0.717, 1.165) is 17.7 Å². The zero-order valence-electron chi connectivity index (χ0n) is 10.6. The van der Waals surface area contributed by atoms with Gasteiger partial charge in [-0.15, -0.1) is 11.3 Å². The molecule has 0 fully saturated rings. The van der Waals surface area contributed by atoms with Gasteiger partial charge in [-0.25, -0.2) is 0 Å². The van der Waals surface area contributed by atoms with Crippen molar-refractivity contribution in [3.05, 3.63) is 51.2 Å². The topological polar surface area (TPSA) is 33.0 Å². The molecule has 0 atom stereocenters. The zero-order chi connectivity index (χ0) is 13.0. The Balaban J connectivity index is 2.08. The highest BCUT2D eigenvalue weighted by molar-refractivity contribution is 7.11. The van der Waals surface area contributed by atoms with Gasteiger partial charge in [0.15, 0.2) is 0 Å². The Morgan fingerprint density at radius 1 is 1.22 bits per heavy atom. The molecular weight excluding hydrogens is 242 g/mol. The summed E-state index contributed by atoms with van der Waals surface area (Å²) in [7, 11) is 0. The maximum Gasteiger partial charge on any atom is 0.124 e. The summed E-state index contributed by atoms with van der Waals surface area (Å²) in [6.45, 7) is 4.71.